The van der Waals surface area contributed by atoms with Crippen molar-refractivity contribution in [3.8, 4) is 5.75 Å². The summed E-state index contributed by atoms with van der Waals surface area (Å²) in [6.07, 6.45) is 1.47. The van der Waals surface area contributed by atoms with Crippen molar-refractivity contribution in [1.82, 2.24) is 0 Å². The number of anilines is 2. The maximum atomic E-state index is 14.6. The number of phenols is 1. The Kier molecular flexibility index (Phi) is 6.79. The molecule has 6 atom stereocenters. The number of carbonyl (C=O) groups is 4. The molecule has 1 saturated carbocycles. The number of rotatable bonds is 4. The number of non-ortho nitro benzene ring substituents is 1. The summed E-state index contributed by atoms with van der Waals surface area (Å²) in [4.78, 5) is 65.4. The predicted molar refractivity (Wildman–Crippen MR) is 178 cm³/mol. The topological polar surface area (TPSA) is 138 Å². The molecular formula is C36H24Cl2FN3O7. The third-order valence-corrected chi connectivity index (χ3v) is 11.9. The standard InChI is InChI=1S/C36H24Cl2FN3O7/c37-35-17-27-24(14-15-25-28(27)32(45)40(31(25)44)21-5-3-6-22(16-21)42(48)49)29(26-13-8-18-4-1-2-7-23(18)30(26)43)36(35,38)34(47)41(33(35)46)20-11-9-19(39)10-12-20/h1-14,16,25,27-29,43H,15,17H2/t25-,27+,28-,29+,35+,36-/m0/s1. The number of alkyl halides is 2. The van der Waals surface area contributed by atoms with Crippen molar-refractivity contribution in [2.45, 2.75) is 28.5 Å². The average Bonchev–Trinajstić information content (AvgIpc) is 3.43. The van der Waals surface area contributed by atoms with E-state index in [4.69, 9.17) is 23.2 Å². The van der Waals surface area contributed by atoms with E-state index in [1.165, 1.54) is 30.3 Å². The van der Waals surface area contributed by atoms with Gasteiger partial charge in [-0.25, -0.2) is 14.2 Å². The van der Waals surface area contributed by atoms with Crippen molar-refractivity contribution in [2.75, 3.05) is 9.80 Å². The van der Waals surface area contributed by atoms with Crippen molar-refractivity contribution in [3.05, 3.63) is 118 Å². The number of hydrogen-bond acceptors (Lipinski definition) is 7. The number of benzene rings is 4. The summed E-state index contributed by atoms with van der Waals surface area (Å²) in [7, 11) is 0. The molecule has 4 aromatic carbocycles. The van der Waals surface area contributed by atoms with Crippen molar-refractivity contribution in [2.24, 2.45) is 17.8 Å². The largest absolute Gasteiger partial charge is 0.507 e. The molecule has 0 bridgehead atoms. The molecule has 2 heterocycles. The van der Waals surface area contributed by atoms with Crippen LogP contribution in [0.25, 0.3) is 10.8 Å². The van der Waals surface area contributed by atoms with Crippen molar-refractivity contribution >= 4 is 74.7 Å². The Morgan fingerprint density at radius 1 is 0.837 bits per heavy atom. The highest BCUT2D eigenvalue weighted by Gasteiger charge is 2.77. The Labute approximate surface area is 287 Å². The van der Waals surface area contributed by atoms with E-state index in [1.54, 1.807) is 42.5 Å². The quantitative estimate of drug-likeness (QED) is 0.0860. The van der Waals surface area contributed by atoms with Crippen LogP contribution in [0, 0.1) is 33.7 Å². The zero-order chi connectivity index (χ0) is 34.6. The lowest BCUT2D eigenvalue weighted by Crippen LogP contribution is -2.60. The molecule has 4 amide bonds. The zero-order valence-electron chi connectivity index (χ0n) is 25.3. The summed E-state index contributed by atoms with van der Waals surface area (Å²) in [5.74, 6) is -7.86. The van der Waals surface area contributed by atoms with Gasteiger partial charge in [0.05, 0.1) is 28.1 Å². The van der Waals surface area contributed by atoms with Gasteiger partial charge in [-0.2, -0.15) is 0 Å². The van der Waals surface area contributed by atoms with Gasteiger partial charge in [0.1, 0.15) is 11.6 Å². The maximum absolute atomic E-state index is 14.6. The lowest BCUT2D eigenvalue weighted by molar-refractivity contribution is -0.384. The van der Waals surface area contributed by atoms with E-state index in [0.717, 1.165) is 28.0 Å². The lowest BCUT2D eigenvalue weighted by Gasteiger charge is -2.50. The van der Waals surface area contributed by atoms with Gasteiger partial charge in [-0.3, -0.25) is 29.3 Å². The minimum absolute atomic E-state index is 0.0292. The predicted octanol–water partition coefficient (Wildman–Crippen LogP) is 6.36. The third-order valence-electron chi connectivity index (χ3n) is 10.4. The smallest absolute Gasteiger partial charge is 0.271 e. The van der Waals surface area contributed by atoms with Gasteiger partial charge in [0.2, 0.25) is 11.8 Å². The van der Waals surface area contributed by atoms with Gasteiger partial charge in [0.15, 0.2) is 9.75 Å². The highest BCUT2D eigenvalue weighted by atomic mass is 35.5. The Morgan fingerprint density at radius 3 is 2.31 bits per heavy atom. The first kappa shape index (κ1) is 31.2. The van der Waals surface area contributed by atoms with Gasteiger partial charge in [-0.05, 0) is 54.5 Å². The van der Waals surface area contributed by atoms with Crippen LogP contribution in [0.2, 0.25) is 0 Å². The molecule has 0 spiro atoms. The Morgan fingerprint density at radius 2 is 1.57 bits per heavy atom. The second-order valence-electron chi connectivity index (χ2n) is 12.8. The highest BCUT2D eigenvalue weighted by molar-refractivity contribution is 6.58. The van der Waals surface area contributed by atoms with Crippen LogP contribution < -0.4 is 9.80 Å². The number of amides is 4. The van der Waals surface area contributed by atoms with Gasteiger partial charge < -0.3 is 5.11 Å². The average molecular weight is 701 g/mol. The van der Waals surface area contributed by atoms with Gasteiger partial charge in [0, 0.05) is 29.0 Å². The summed E-state index contributed by atoms with van der Waals surface area (Å²) in [6, 6.07) is 20.2. The maximum Gasteiger partial charge on any atom is 0.271 e. The monoisotopic (exact) mass is 699 g/mol. The molecule has 0 radical (unpaired) electrons. The number of nitrogens with zero attached hydrogens (tertiary/aromatic N) is 3. The van der Waals surface area contributed by atoms with E-state index in [2.05, 4.69) is 0 Å². The van der Waals surface area contributed by atoms with E-state index < -0.39 is 67.8 Å². The van der Waals surface area contributed by atoms with E-state index in [1.807, 2.05) is 0 Å². The molecule has 49 heavy (non-hydrogen) atoms. The minimum atomic E-state index is -2.22. The molecule has 2 saturated heterocycles. The molecule has 8 rings (SSSR count). The fourth-order valence-electron chi connectivity index (χ4n) is 8.25. The van der Waals surface area contributed by atoms with Crippen molar-refractivity contribution in [3.63, 3.8) is 0 Å². The first-order valence-electron chi connectivity index (χ1n) is 15.4. The number of hydrogen-bond donors (Lipinski definition) is 1. The summed E-state index contributed by atoms with van der Waals surface area (Å²) in [6.45, 7) is 0. The molecule has 3 fully saturated rings. The zero-order valence-corrected chi connectivity index (χ0v) is 26.8. The van der Waals surface area contributed by atoms with E-state index in [-0.39, 0.29) is 41.2 Å². The number of phenolic OH excluding ortho intramolecular Hbond substituents is 1. The molecule has 0 unspecified atom stereocenters. The summed E-state index contributed by atoms with van der Waals surface area (Å²) < 4.78 is 13.9. The SMILES string of the molecule is O=C1[C@H]2[C@H](CC=C3[C@H]2C[C@@]2(Cl)C(=O)N(c4ccc(F)cc4)C(=O)[C@@]2(Cl)[C@H]3c2ccc3ccccc3c2O)C(=O)N1c1cccc([N+](=O)[O-])c1. The number of fused-ring (bicyclic) bond motifs is 5. The van der Waals surface area contributed by atoms with Crippen LogP contribution in [0.15, 0.2) is 96.6 Å². The molecule has 4 aromatic rings. The second kappa shape index (κ2) is 10.7. The number of imide groups is 2. The Bertz CT molecular complexity index is 2210. The fraction of sp³-hybridized carbons (Fsp3) is 0.222. The van der Waals surface area contributed by atoms with Crippen LogP contribution in [-0.2, 0) is 19.2 Å². The first-order valence-corrected chi connectivity index (χ1v) is 16.2. The third kappa shape index (κ3) is 4.12. The molecule has 246 valence electrons. The van der Waals surface area contributed by atoms with Crippen LogP contribution >= 0.6 is 23.2 Å². The number of carbonyl (C=O) groups excluding carboxylic acids is 4. The van der Waals surface area contributed by atoms with Crippen LogP contribution in [-0.4, -0.2) is 43.4 Å². The molecule has 0 aromatic heterocycles. The lowest BCUT2D eigenvalue weighted by atomic mass is 9.56. The molecule has 1 N–H and O–H groups in total. The molecular weight excluding hydrogens is 676 g/mol. The number of aromatic hydroxyl groups is 1. The number of nitro groups is 1. The molecule has 4 aliphatic rings. The van der Waals surface area contributed by atoms with Gasteiger partial charge in [-0.15, -0.1) is 23.2 Å². The van der Waals surface area contributed by atoms with Crippen LogP contribution in [0.4, 0.5) is 21.5 Å². The van der Waals surface area contributed by atoms with Crippen molar-refractivity contribution in [1.29, 1.82) is 0 Å². The number of allylic oxidation sites excluding steroid dienone is 2. The fourth-order valence-corrected chi connectivity index (χ4v) is 9.18. The van der Waals surface area contributed by atoms with Gasteiger partial charge >= 0.3 is 0 Å². The highest BCUT2D eigenvalue weighted by Crippen LogP contribution is 2.66. The molecule has 13 heteroatoms. The number of halogens is 3. The van der Waals surface area contributed by atoms with Crippen LogP contribution in [0.1, 0.15) is 24.3 Å². The number of nitro benzene ring substituents is 1. The molecule has 2 aliphatic heterocycles. The summed E-state index contributed by atoms with van der Waals surface area (Å²) in [5, 5.41) is 24.4. The normalized spacial score (nSPS) is 29.2. The van der Waals surface area contributed by atoms with E-state index >= 15 is 0 Å². The summed E-state index contributed by atoms with van der Waals surface area (Å²) >= 11 is 14.8. The van der Waals surface area contributed by atoms with Crippen LogP contribution in [0.5, 0.6) is 5.75 Å². The van der Waals surface area contributed by atoms with Gasteiger partial charge in [0.25, 0.3) is 17.5 Å². The Balaban J connectivity index is 1.31. The second-order valence-corrected chi connectivity index (χ2v) is 14.0. The van der Waals surface area contributed by atoms with Crippen LogP contribution in [0.3, 0.4) is 0 Å². The first-order chi connectivity index (χ1) is 23.4. The van der Waals surface area contributed by atoms with E-state index in [0.29, 0.717) is 16.3 Å². The van der Waals surface area contributed by atoms with Gasteiger partial charge in [-0.1, -0.05) is 54.1 Å². The van der Waals surface area contributed by atoms with Crippen molar-refractivity contribution < 1.29 is 33.6 Å². The molecule has 2 aliphatic carbocycles. The minimum Gasteiger partial charge on any atom is -0.507 e. The Hall–Kier alpha value is -5.13. The van der Waals surface area contributed by atoms with E-state index in [9.17, 15) is 38.8 Å². The molecule has 10 nitrogen and oxygen atoms in total. The summed E-state index contributed by atoms with van der Waals surface area (Å²) in [5.41, 5.74) is 0.413.